The summed E-state index contributed by atoms with van der Waals surface area (Å²) in [6, 6.07) is 0. The predicted octanol–water partition coefficient (Wildman–Crippen LogP) is 2.16. The van der Waals surface area contributed by atoms with Crippen molar-refractivity contribution in [3.63, 3.8) is 0 Å². The first-order chi connectivity index (χ1) is 4.35. The van der Waals surface area contributed by atoms with Crippen LogP contribution in [0.4, 0.5) is 0 Å². The van der Waals surface area contributed by atoms with Crippen LogP contribution < -0.4 is 5.73 Å². The minimum Gasteiger partial charge on any atom is -0.330 e. The zero-order valence-electron chi connectivity index (χ0n) is 7.01. The summed E-state index contributed by atoms with van der Waals surface area (Å²) in [7, 11) is 0. The van der Waals surface area contributed by atoms with Gasteiger partial charge in [-0.05, 0) is 18.9 Å². The summed E-state index contributed by atoms with van der Waals surface area (Å²) in [5.41, 5.74) is 5.52. The number of nitrogens with two attached hydrogens (primary N) is 1. The monoisotopic (exact) mass is 187 g/mol. The van der Waals surface area contributed by atoms with Gasteiger partial charge in [0.25, 0.3) is 0 Å². The van der Waals surface area contributed by atoms with Crippen LogP contribution in [0.3, 0.4) is 0 Å². The first-order valence-electron chi connectivity index (χ1n) is 4.05. The Bertz CT molecular complexity index is 53.2. The Morgan fingerprint density at radius 2 is 1.90 bits per heavy atom. The molecule has 2 heteroatoms. The molecule has 0 aromatic rings. The van der Waals surface area contributed by atoms with Gasteiger partial charge < -0.3 is 5.73 Å². The van der Waals surface area contributed by atoms with Crippen molar-refractivity contribution in [1.29, 1.82) is 0 Å². The Kier molecular flexibility index (Phi) is 12.4. The second kappa shape index (κ2) is 9.45. The van der Waals surface area contributed by atoms with Gasteiger partial charge in [0.1, 0.15) is 0 Å². The smallest absolute Gasteiger partial charge is 0.330 e. The van der Waals surface area contributed by atoms with Crippen molar-refractivity contribution in [2.45, 2.75) is 39.5 Å². The van der Waals surface area contributed by atoms with E-state index in [9.17, 15) is 0 Å². The maximum atomic E-state index is 5.52. The molecule has 0 saturated heterocycles. The molecule has 1 atom stereocenters. The van der Waals surface area contributed by atoms with Crippen molar-refractivity contribution in [3.05, 3.63) is 0 Å². The normalized spacial score (nSPS) is 12.3. The molecule has 0 amide bonds. The average molecular weight is 188 g/mol. The standard InChI is InChI=1S/C8H19N.Ni/c1-3-5-6-8(4-2)7-9;/h8H,3-7,9H2,1-2H3;/q;+2. The van der Waals surface area contributed by atoms with Crippen LogP contribution >= 0.6 is 0 Å². The summed E-state index contributed by atoms with van der Waals surface area (Å²) in [6.45, 7) is 5.31. The van der Waals surface area contributed by atoms with Crippen molar-refractivity contribution in [3.8, 4) is 0 Å². The summed E-state index contributed by atoms with van der Waals surface area (Å²) in [6.07, 6.45) is 5.21. The Morgan fingerprint density at radius 3 is 2.20 bits per heavy atom. The van der Waals surface area contributed by atoms with Crippen molar-refractivity contribution >= 4 is 0 Å². The third-order valence-corrected chi connectivity index (χ3v) is 1.88. The van der Waals surface area contributed by atoms with Gasteiger partial charge >= 0.3 is 16.5 Å². The zero-order valence-corrected chi connectivity index (χ0v) is 7.99. The minimum absolute atomic E-state index is 0. The Labute approximate surface area is 74.7 Å². The predicted molar refractivity (Wildman–Crippen MR) is 42.4 cm³/mol. The van der Waals surface area contributed by atoms with Gasteiger partial charge in [-0.25, -0.2) is 0 Å². The van der Waals surface area contributed by atoms with Crippen LogP contribution in [0.25, 0.3) is 0 Å². The van der Waals surface area contributed by atoms with Crippen LogP contribution in [0.1, 0.15) is 39.5 Å². The molecule has 1 unspecified atom stereocenters. The van der Waals surface area contributed by atoms with Gasteiger partial charge in [0.15, 0.2) is 0 Å². The molecule has 1 nitrogen and oxygen atoms in total. The molecule has 0 bridgehead atoms. The summed E-state index contributed by atoms with van der Waals surface area (Å²) in [4.78, 5) is 0. The van der Waals surface area contributed by atoms with E-state index in [2.05, 4.69) is 13.8 Å². The fourth-order valence-corrected chi connectivity index (χ4v) is 0.981. The maximum absolute atomic E-state index is 5.52. The van der Waals surface area contributed by atoms with Gasteiger partial charge in [-0.3, -0.25) is 0 Å². The average Bonchev–Trinajstić information content (AvgIpc) is 1.91. The number of unbranched alkanes of at least 4 members (excludes halogenated alkanes) is 1. The third-order valence-electron chi connectivity index (χ3n) is 1.88. The molecule has 0 fully saturated rings. The first-order valence-corrected chi connectivity index (χ1v) is 4.05. The molecule has 10 heavy (non-hydrogen) atoms. The second-order valence-corrected chi connectivity index (χ2v) is 2.65. The fraction of sp³-hybridized carbons (Fsp3) is 1.00. The maximum Gasteiger partial charge on any atom is 2.00 e. The van der Waals surface area contributed by atoms with Crippen LogP contribution in [0, 0.1) is 5.92 Å². The van der Waals surface area contributed by atoms with E-state index in [1.165, 1.54) is 25.7 Å². The van der Waals surface area contributed by atoms with Crippen molar-refractivity contribution in [1.82, 2.24) is 0 Å². The molecule has 0 radical (unpaired) electrons. The first kappa shape index (κ1) is 13.1. The van der Waals surface area contributed by atoms with Gasteiger partial charge in [0, 0.05) is 0 Å². The van der Waals surface area contributed by atoms with Gasteiger partial charge in [0.2, 0.25) is 0 Å². The molecule has 0 aliphatic rings. The molecule has 0 aliphatic carbocycles. The Balaban J connectivity index is 0. The third kappa shape index (κ3) is 6.57. The van der Waals surface area contributed by atoms with Crippen LogP contribution in [-0.4, -0.2) is 6.54 Å². The van der Waals surface area contributed by atoms with E-state index in [0.29, 0.717) is 0 Å². The van der Waals surface area contributed by atoms with E-state index < -0.39 is 0 Å². The van der Waals surface area contributed by atoms with Crippen molar-refractivity contribution in [2.24, 2.45) is 11.7 Å². The molecule has 0 rings (SSSR count). The topological polar surface area (TPSA) is 26.0 Å². The molecule has 2 N–H and O–H groups in total. The van der Waals surface area contributed by atoms with Gasteiger partial charge in [-0.2, -0.15) is 0 Å². The molecule has 0 heterocycles. The minimum atomic E-state index is 0. The molecular formula is C8H19NNi+2. The quantitative estimate of drug-likeness (QED) is 0.657. The molecule has 0 spiro atoms. The van der Waals surface area contributed by atoms with Gasteiger partial charge in [-0.15, -0.1) is 0 Å². The van der Waals surface area contributed by atoms with Crippen LogP contribution in [-0.2, 0) is 16.5 Å². The molecule has 0 aliphatic heterocycles. The van der Waals surface area contributed by atoms with Gasteiger partial charge in [-0.1, -0.05) is 33.1 Å². The molecule has 0 saturated carbocycles. The zero-order chi connectivity index (χ0) is 7.11. The van der Waals surface area contributed by atoms with Crippen LogP contribution in [0.2, 0.25) is 0 Å². The van der Waals surface area contributed by atoms with E-state index in [0.717, 1.165) is 12.5 Å². The van der Waals surface area contributed by atoms with Crippen molar-refractivity contribution in [2.75, 3.05) is 6.54 Å². The molecule has 0 aromatic heterocycles. The molecular weight excluding hydrogens is 169 g/mol. The fourth-order valence-electron chi connectivity index (χ4n) is 0.981. The van der Waals surface area contributed by atoms with E-state index in [1.54, 1.807) is 0 Å². The van der Waals surface area contributed by atoms with Crippen LogP contribution in [0.5, 0.6) is 0 Å². The summed E-state index contributed by atoms with van der Waals surface area (Å²) < 4.78 is 0. The van der Waals surface area contributed by atoms with E-state index >= 15 is 0 Å². The summed E-state index contributed by atoms with van der Waals surface area (Å²) in [5, 5.41) is 0. The largest absolute Gasteiger partial charge is 2.00 e. The van der Waals surface area contributed by atoms with E-state index in [1.807, 2.05) is 0 Å². The van der Waals surface area contributed by atoms with E-state index in [-0.39, 0.29) is 16.5 Å². The van der Waals surface area contributed by atoms with Gasteiger partial charge in [0.05, 0.1) is 0 Å². The summed E-state index contributed by atoms with van der Waals surface area (Å²) in [5.74, 6) is 0.782. The number of rotatable bonds is 5. The Hall–Kier alpha value is 0.454. The molecule has 64 valence electrons. The van der Waals surface area contributed by atoms with Crippen LogP contribution in [0.15, 0.2) is 0 Å². The Morgan fingerprint density at radius 1 is 1.30 bits per heavy atom. The molecule has 0 aromatic carbocycles. The number of hydrogen-bond donors (Lipinski definition) is 1. The SMILES string of the molecule is CCCCC(CC)CN.[Ni+2]. The number of hydrogen-bond acceptors (Lipinski definition) is 1. The van der Waals surface area contributed by atoms with E-state index in [4.69, 9.17) is 5.73 Å². The van der Waals surface area contributed by atoms with Crippen molar-refractivity contribution < 1.29 is 16.5 Å². The second-order valence-electron chi connectivity index (χ2n) is 2.65. The summed E-state index contributed by atoms with van der Waals surface area (Å²) >= 11 is 0.